The van der Waals surface area contributed by atoms with E-state index in [9.17, 15) is 8.42 Å². The van der Waals surface area contributed by atoms with Gasteiger partial charge in [-0.05, 0) is 12.8 Å². The highest BCUT2D eigenvalue weighted by atomic mass is 79.9. The molecule has 1 fully saturated rings. The maximum Gasteiger partial charge on any atom is 0.243 e. The lowest BCUT2D eigenvalue weighted by atomic mass is 10.3. The Morgan fingerprint density at radius 1 is 1.42 bits per heavy atom. The van der Waals surface area contributed by atoms with Crippen molar-refractivity contribution in [1.82, 2.24) is 4.89 Å². The summed E-state index contributed by atoms with van der Waals surface area (Å²) in [5.41, 5.74) is 0. The second kappa shape index (κ2) is 4.55. The summed E-state index contributed by atoms with van der Waals surface area (Å²) >= 11 is 2.85. The lowest BCUT2D eigenvalue weighted by Gasteiger charge is -2.10. The van der Waals surface area contributed by atoms with E-state index in [4.69, 9.17) is 4.84 Å². The number of halogens is 1. The SMILES string of the molecule is O=S(=O)(CBr)NOC1CCCC1. The van der Waals surface area contributed by atoms with Crippen LogP contribution in [0.2, 0.25) is 0 Å². The summed E-state index contributed by atoms with van der Waals surface area (Å²) in [6, 6.07) is 0. The second-order valence-electron chi connectivity index (χ2n) is 2.83. The fraction of sp³-hybridized carbons (Fsp3) is 1.00. The van der Waals surface area contributed by atoms with Gasteiger partial charge in [0.2, 0.25) is 10.0 Å². The first-order chi connectivity index (χ1) is 5.64. The molecule has 1 aliphatic carbocycles. The predicted octanol–water partition coefficient (Wildman–Crippen LogP) is 1.13. The largest absolute Gasteiger partial charge is 0.284 e. The van der Waals surface area contributed by atoms with Gasteiger partial charge in [0, 0.05) is 0 Å². The molecule has 0 atom stereocenters. The summed E-state index contributed by atoms with van der Waals surface area (Å²) in [4.78, 5) is 7.07. The summed E-state index contributed by atoms with van der Waals surface area (Å²) in [6.45, 7) is 0. The van der Waals surface area contributed by atoms with Gasteiger partial charge >= 0.3 is 0 Å². The zero-order valence-electron chi connectivity index (χ0n) is 6.62. The monoisotopic (exact) mass is 257 g/mol. The minimum absolute atomic E-state index is 0.0684. The van der Waals surface area contributed by atoms with Crippen LogP contribution in [-0.2, 0) is 14.9 Å². The minimum atomic E-state index is -3.26. The maximum absolute atomic E-state index is 10.9. The molecule has 0 bridgehead atoms. The average Bonchev–Trinajstić information content (AvgIpc) is 2.53. The van der Waals surface area contributed by atoms with E-state index in [-0.39, 0.29) is 10.8 Å². The van der Waals surface area contributed by atoms with Gasteiger partial charge < -0.3 is 0 Å². The van der Waals surface area contributed by atoms with Crippen LogP contribution in [0, 0.1) is 0 Å². The molecule has 0 aromatic carbocycles. The first-order valence-corrected chi connectivity index (χ1v) is 6.62. The van der Waals surface area contributed by atoms with Gasteiger partial charge in [-0.25, -0.2) is 8.42 Å². The molecule has 1 N–H and O–H groups in total. The van der Waals surface area contributed by atoms with E-state index in [0.717, 1.165) is 25.7 Å². The molecule has 0 amide bonds. The number of sulfonamides is 1. The molecule has 6 heteroatoms. The molecule has 1 rings (SSSR count). The highest BCUT2D eigenvalue weighted by Gasteiger charge is 2.18. The van der Waals surface area contributed by atoms with E-state index in [0.29, 0.717) is 0 Å². The average molecular weight is 258 g/mol. The van der Waals surface area contributed by atoms with Crippen molar-refractivity contribution in [2.45, 2.75) is 31.8 Å². The van der Waals surface area contributed by atoms with Gasteiger partial charge in [0.1, 0.15) is 4.66 Å². The molecular weight excluding hydrogens is 246 g/mol. The Morgan fingerprint density at radius 2 is 2.00 bits per heavy atom. The lowest BCUT2D eigenvalue weighted by Crippen LogP contribution is -2.28. The highest BCUT2D eigenvalue weighted by molar-refractivity contribution is 9.10. The van der Waals surface area contributed by atoms with Crippen LogP contribution in [0.3, 0.4) is 0 Å². The number of nitrogens with one attached hydrogen (secondary N) is 1. The van der Waals surface area contributed by atoms with Crippen LogP contribution in [0.25, 0.3) is 0 Å². The Kier molecular flexibility index (Phi) is 3.95. The van der Waals surface area contributed by atoms with Crippen LogP contribution in [0.4, 0.5) is 0 Å². The Morgan fingerprint density at radius 3 is 2.50 bits per heavy atom. The Labute approximate surface area is 80.8 Å². The molecule has 0 aromatic heterocycles. The molecule has 0 radical (unpaired) electrons. The van der Waals surface area contributed by atoms with E-state index in [2.05, 4.69) is 20.8 Å². The first-order valence-electron chi connectivity index (χ1n) is 3.85. The Hall–Kier alpha value is 0.350. The third-order valence-corrected chi connectivity index (χ3v) is 4.23. The normalized spacial score (nSPS) is 20.1. The summed E-state index contributed by atoms with van der Waals surface area (Å²) in [6.07, 6.45) is 4.22. The van der Waals surface area contributed by atoms with Crippen molar-refractivity contribution < 1.29 is 13.3 Å². The van der Waals surface area contributed by atoms with E-state index < -0.39 is 10.0 Å². The van der Waals surface area contributed by atoms with Crippen LogP contribution in [0.1, 0.15) is 25.7 Å². The number of hydrogen-bond acceptors (Lipinski definition) is 3. The van der Waals surface area contributed by atoms with Crippen molar-refractivity contribution in [3.8, 4) is 0 Å². The number of hydrogen-bond donors (Lipinski definition) is 1. The smallest absolute Gasteiger partial charge is 0.243 e. The van der Waals surface area contributed by atoms with E-state index >= 15 is 0 Å². The topological polar surface area (TPSA) is 55.4 Å². The third-order valence-electron chi connectivity index (χ3n) is 1.79. The van der Waals surface area contributed by atoms with Gasteiger partial charge in [-0.1, -0.05) is 33.7 Å². The maximum atomic E-state index is 10.9. The first kappa shape index (κ1) is 10.4. The Bertz CT molecular complexity index is 223. The molecule has 12 heavy (non-hydrogen) atoms. The molecule has 0 unspecified atom stereocenters. The molecule has 0 heterocycles. The van der Waals surface area contributed by atoms with Gasteiger partial charge in [0.05, 0.1) is 6.10 Å². The molecule has 0 aromatic rings. The molecular formula is C6H12BrNO3S. The van der Waals surface area contributed by atoms with Crippen LogP contribution in [-0.4, -0.2) is 19.2 Å². The lowest BCUT2D eigenvalue weighted by molar-refractivity contribution is 0.0226. The summed E-state index contributed by atoms with van der Waals surface area (Å²) in [7, 11) is -3.26. The summed E-state index contributed by atoms with van der Waals surface area (Å²) in [5.74, 6) is 0. The molecule has 0 spiro atoms. The molecule has 0 saturated heterocycles. The van der Waals surface area contributed by atoms with Crippen LogP contribution >= 0.6 is 15.9 Å². The van der Waals surface area contributed by atoms with Crippen molar-refractivity contribution in [2.75, 3.05) is 4.66 Å². The number of rotatable bonds is 4. The summed E-state index contributed by atoms with van der Waals surface area (Å²) < 4.78 is 21.6. The van der Waals surface area contributed by atoms with E-state index in [1.54, 1.807) is 0 Å². The quantitative estimate of drug-likeness (QED) is 0.607. The zero-order valence-corrected chi connectivity index (χ0v) is 9.03. The van der Waals surface area contributed by atoms with Crippen molar-refractivity contribution in [2.24, 2.45) is 0 Å². The molecule has 72 valence electrons. The second-order valence-corrected chi connectivity index (χ2v) is 5.82. The number of alkyl halides is 1. The van der Waals surface area contributed by atoms with E-state index in [1.807, 2.05) is 0 Å². The predicted molar refractivity (Wildman–Crippen MR) is 49.2 cm³/mol. The van der Waals surface area contributed by atoms with Crippen LogP contribution in [0.5, 0.6) is 0 Å². The Balaban J connectivity index is 2.25. The van der Waals surface area contributed by atoms with Crippen LogP contribution < -0.4 is 4.89 Å². The molecule has 1 aliphatic rings. The van der Waals surface area contributed by atoms with Crippen molar-refractivity contribution in [3.05, 3.63) is 0 Å². The molecule has 1 saturated carbocycles. The zero-order chi connectivity index (χ0) is 9.03. The van der Waals surface area contributed by atoms with Gasteiger partial charge in [0.25, 0.3) is 0 Å². The standard InChI is InChI=1S/C6H12BrNO3S/c7-5-12(9,10)8-11-6-3-1-2-4-6/h6,8H,1-5H2. The van der Waals surface area contributed by atoms with E-state index in [1.165, 1.54) is 0 Å². The van der Waals surface area contributed by atoms with Crippen LogP contribution in [0.15, 0.2) is 0 Å². The van der Waals surface area contributed by atoms with Crippen molar-refractivity contribution in [3.63, 3.8) is 0 Å². The fourth-order valence-electron chi connectivity index (χ4n) is 1.17. The van der Waals surface area contributed by atoms with Gasteiger partial charge in [-0.3, -0.25) is 4.84 Å². The van der Waals surface area contributed by atoms with Crippen molar-refractivity contribution in [1.29, 1.82) is 0 Å². The fourth-order valence-corrected chi connectivity index (χ4v) is 1.78. The van der Waals surface area contributed by atoms with Gasteiger partial charge in [0.15, 0.2) is 0 Å². The molecule has 4 nitrogen and oxygen atoms in total. The minimum Gasteiger partial charge on any atom is -0.284 e. The highest BCUT2D eigenvalue weighted by Crippen LogP contribution is 2.20. The van der Waals surface area contributed by atoms with Gasteiger partial charge in [-0.2, -0.15) is 0 Å². The van der Waals surface area contributed by atoms with Crippen molar-refractivity contribution >= 4 is 26.0 Å². The third kappa shape index (κ3) is 3.38. The molecule has 0 aliphatic heterocycles. The summed E-state index contributed by atoms with van der Waals surface area (Å²) in [5, 5.41) is 0. The van der Waals surface area contributed by atoms with Gasteiger partial charge in [-0.15, -0.1) is 0 Å².